The lowest BCUT2D eigenvalue weighted by Crippen LogP contribution is -2.42. The van der Waals surface area contributed by atoms with Crippen LogP contribution >= 0.6 is 0 Å². The van der Waals surface area contributed by atoms with Crippen LogP contribution < -0.4 is 14.4 Å². The molecule has 1 atom stereocenters. The fourth-order valence-electron chi connectivity index (χ4n) is 4.29. The zero-order chi connectivity index (χ0) is 23.4. The van der Waals surface area contributed by atoms with Crippen LogP contribution in [-0.4, -0.2) is 28.0 Å². The summed E-state index contributed by atoms with van der Waals surface area (Å²) in [6.07, 6.45) is 2.79. The van der Waals surface area contributed by atoms with E-state index < -0.39 is 10.0 Å². The fraction of sp³-hybridized carbons (Fsp3) is 0.269. The predicted octanol–water partition coefficient (Wildman–Crippen LogP) is 4.39. The van der Waals surface area contributed by atoms with Crippen molar-refractivity contribution in [3.63, 3.8) is 0 Å². The molecule has 4 rings (SSSR count). The molecule has 0 aliphatic heterocycles. The zero-order valence-electron chi connectivity index (χ0n) is 18.8. The lowest BCUT2D eigenvalue weighted by atomic mass is 9.88. The molecule has 0 saturated carbocycles. The van der Waals surface area contributed by atoms with E-state index in [1.54, 1.807) is 48.5 Å². The van der Waals surface area contributed by atoms with Crippen LogP contribution in [0.5, 0.6) is 5.75 Å². The Balaban J connectivity index is 1.66. The van der Waals surface area contributed by atoms with Gasteiger partial charge >= 0.3 is 0 Å². The smallest absolute Gasteiger partial charge is 0.268 e. The molecule has 33 heavy (non-hydrogen) atoms. The lowest BCUT2D eigenvalue weighted by Gasteiger charge is -2.29. The number of anilines is 1. The number of sulfonamides is 1. The minimum Gasteiger partial charge on any atom is -0.495 e. The van der Waals surface area contributed by atoms with Crippen molar-refractivity contribution in [1.29, 1.82) is 0 Å². The quantitative estimate of drug-likeness (QED) is 0.563. The first-order valence-corrected chi connectivity index (χ1v) is 12.4. The Hall–Kier alpha value is -3.32. The standard InChI is InChI=1S/C26H28N2O4S/c1-19-15-16-24(32-2)25(17-19)33(30,31)28(21-11-4-3-5-12-21)18-26(29)27-23-14-8-10-20-9-6-7-13-22(20)23/h3-7,9,11-13,15-17,23H,8,10,14,18H2,1-2H3,(H,27,29)/t23-/m1/s1. The summed E-state index contributed by atoms with van der Waals surface area (Å²) in [6, 6.07) is 21.6. The lowest BCUT2D eigenvalue weighted by molar-refractivity contribution is -0.120. The number of carbonyl (C=O) groups is 1. The average molecular weight is 465 g/mol. The summed E-state index contributed by atoms with van der Waals surface area (Å²) in [7, 11) is -2.63. The number of amides is 1. The Morgan fingerprint density at radius 2 is 1.79 bits per heavy atom. The summed E-state index contributed by atoms with van der Waals surface area (Å²) in [4.78, 5) is 13.2. The van der Waals surface area contributed by atoms with E-state index in [0.717, 1.165) is 34.7 Å². The molecule has 1 aliphatic carbocycles. The topological polar surface area (TPSA) is 75.7 Å². The molecule has 0 spiro atoms. The molecule has 0 saturated heterocycles. The van der Waals surface area contributed by atoms with Gasteiger partial charge in [-0.3, -0.25) is 9.10 Å². The summed E-state index contributed by atoms with van der Waals surface area (Å²) in [5.74, 6) is -0.112. The first-order chi connectivity index (χ1) is 15.9. The van der Waals surface area contributed by atoms with Crippen molar-refractivity contribution in [2.75, 3.05) is 18.0 Å². The second kappa shape index (κ2) is 9.67. The zero-order valence-corrected chi connectivity index (χ0v) is 19.6. The van der Waals surface area contributed by atoms with Crippen molar-refractivity contribution in [3.8, 4) is 5.75 Å². The van der Waals surface area contributed by atoms with E-state index in [1.165, 1.54) is 12.7 Å². The SMILES string of the molecule is COc1ccc(C)cc1S(=O)(=O)N(CC(=O)N[C@@H]1CCCc2ccccc21)c1ccccc1. The van der Waals surface area contributed by atoms with Gasteiger partial charge < -0.3 is 10.1 Å². The van der Waals surface area contributed by atoms with Crippen LogP contribution in [-0.2, 0) is 21.2 Å². The maximum absolute atomic E-state index is 13.8. The van der Waals surface area contributed by atoms with Gasteiger partial charge in [0.1, 0.15) is 17.2 Å². The van der Waals surface area contributed by atoms with Gasteiger partial charge in [0.25, 0.3) is 10.0 Å². The third-order valence-electron chi connectivity index (χ3n) is 5.92. The molecule has 3 aromatic rings. The van der Waals surface area contributed by atoms with Crippen molar-refractivity contribution in [2.45, 2.75) is 37.1 Å². The number of methoxy groups -OCH3 is 1. The number of hydrogen-bond donors (Lipinski definition) is 1. The molecule has 0 fully saturated rings. The van der Waals surface area contributed by atoms with E-state index in [2.05, 4.69) is 11.4 Å². The predicted molar refractivity (Wildman–Crippen MR) is 129 cm³/mol. The molecule has 0 unspecified atom stereocenters. The van der Waals surface area contributed by atoms with E-state index in [0.29, 0.717) is 5.69 Å². The van der Waals surface area contributed by atoms with Gasteiger partial charge in [0.15, 0.2) is 0 Å². The number of benzene rings is 3. The highest BCUT2D eigenvalue weighted by Crippen LogP contribution is 2.32. The molecule has 0 aromatic heterocycles. The second-order valence-electron chi connectivity index (χ2n) is 8.21. The number of rotatable bonds is 7. The van der Waals surface area contributed by atoms with Crippen LogP contribution in [0.4, 0.5) is 5.69 Å². The van der Waals surface area contributed by atoms with Crippen molar-refractivity contribution in [3.05, 3.63) is 89.5 Å². The minimum atomic E-state index is -4.07. The van der Waals surface area contributed by atoms with Gasteiger partial charge in [0.05, 0.1) is 18.8 Å². The van der Waals surface area contributed by atoms with Crippen LogP contribution in [0.3, 0.4) is 0 Å². The monoisotopic (exact) mass is 464 g/mol. The van der Waals surface area contributed by atoms with E-state index in [-0.39, 0.29) is 29.1 Å². The number of para-hydroxylation sites is 1. The number of nitrogens with zero attached hydrogens (tertiary/aromatic N) is 1. The largest absolute Gasteiger partial charge is 0.495 e. The summed E-state index contributed by atoms with van der Waals surface area (Å²) in [5, 5.41) is 3.06. The van der Waals surface area contributed by atoms with Crippen LogP contribution in [0.15, 0.2) is 77.7 Å². The second-order valence-corrected chi connectivity index (χ2v) is 10.0. The molecule has 3 aromatic carbocycles. The summed E-state index contributed by atoms with van der Waals surface area (Å²) >= 11 is 0. The molecule has 1 amide bonds. The number of ether oxygens (including phenoxy) is 1. The van der Waals surface area contributed by atoms with Crippen molar-refractivity contribution in [2.24, 2.45) is 0 Å². The molecular weight excluding hydrogens is 436 g/mol. The number of hydrogen-bond acceptors (Lipinski definition) is 4. The van der Waals surface area contributed by atoms with E-state index in [4.69, 9.17) is 4.74 Å². The molecule has 172 valence electrons. The highest BCUT2D eigenvalue weighted by Gasteiger charge is 2.31. The summed E-state index contributed by atoms with van der Waals surface area (Å²) in [6.45, 7) is 1.49. The molecule has 7 heteroatoms. The average Bonchev–Trinajstić information content (AvgIpc) is 2.83. The van der Waals surface area contributed by atoms with Gasteiger partial charge in [-0.05, 0) is 67.1 Å². The first-order valence-electron chi connectivity index (χ1n) is 11.0. The molecule has 0 heterocycles. The highest BCUT2D eigenvalue weighted by molar-refractivity contribution is 7.93. The fourth-order valence-corrected chi connectivity index (χ4v) is 5.95. The maximum atomic E-state index is 13.8. The van der Waals surface area contributed by atoms with Gasteiger partial charge in [-0.25, -0.2) is 8.42 Å². The van der Waals surface area contributed by atoms with Crippen LogP contribution in [0, 0.1) is 6.92 Å². The number of carbonyl (C=O) groups excluding carboxylic acids is 1. The van der Waals surface area contributed by atoms with E-state index in [9.17, 15) is 13.2 Å². The molecule has 6 nitrogen and oxygen atoms in total. The Kier molecular flexibility index (Phi) is 6.70. The Morgan fingerprint density at radius 3 is 2.55 bits per heavy atom. The summed E-state index contributed by atoms with van der Waals surface area (Å²) < 4.78 is 34.0. The third-order valence-corrected chi connectivity index (χ3v) is 7.72. The highest BCUT2D eigenvalue weighted by atomic mass is 32.2. The number of fused-ring (bicyclic) bond motifs is 1. The Bertz CT molecular complexity index is 1240. The van der Waals surface area contributed by atoms with Gasteiger partial charge in [0.2, 0.25) is 5.91 Å². The minimum absolute atomic E-state index is 0.0321. The molecule has 1 aliphatic rings. The Labute approximate surface area is 195 Å². The summed E-state index contributed by atoms with van der Waals surface area (Å²) in [5.41, 5.74) is 3.53. The van der Waals surface area contributed by atoms with Crippen LogP contribution in [0.25, 0.3) is 0 Å². The van der Waals surface area contributed by atoms with Crippen molar-refractivity contribution < 1.29 is 17.9 Å². The van der Waals surface area contributed by atoms with E-state index in [1.807, 2.05) is 25.1 Å². The molecular formula is C26H28N2O4S. The maximum Gasteiger partial charge on any atom is 0.268 e. The van der Waals surface area contributed by atoms with Gasteiger partial charge in [-0.1, -0.05) is 48.5 Å². The molecule has 0 radical (unpaired) electrons. The van der Waals surface area contributed by atoms with Crippen LogP contribution in [0.2, 0.25) is 0 Å². The number of aryl methyl sites for hydroxylation is 2. The molecule has 1 N–H and O–H groups in total. The third kappa shape index (κ3) is 4.88. The first kappa shape index (κ1) is 22.9. The van der Waals surface area contributed by atoms with Gasteiger partial charge in [-0.15, -0.1) is 0 Å². The van der Waals surface area contributed by atoms with Crippen molar-refractivity contribution >= 4 is 21.6 Å². The van der Waals surface area contributed by atoms with Gasteiger partial charge in [0, 0.05) is 0 Å². The van der Waals surface area contributed by atoms with Gasteiger partial charge in [-0.2, -0.15) is 0 Å². The van der Waals surface area contributed by atoms with Crippen LogP contribution in [0.1, 0.15) is 35.6 Å². The van der Waals surface area contributed by atoms with Crippen molar-refractivity contribution in [1.82, 2.24) is 5.32 Å². The molecule has 0 bridgehead atoms. The normalized spacial score (nSPS) is 15.4. The van der Waals surface area contributed by atoms with E-state index >= 15 is 0 Å². The Morgan fingerprint density at radius 1 is 1.06 bits per heavy atom. The number of nitrogens with one attached hydrogen (secondary N) is 1.